The Labute approximate surface area is 145 Å². The van der Waals surface area contributed by atoms with Crippen molar-refractivity contribution >= 4 is 20.0 Å². The maximum absolute atomic E-state index is 12.5. The normalized spacial score (nSPS) is 17.1. The highest BCUT2D eigenvalue weighted by molar-refractivity contribution is 7.90. The number of benzene rings is 1. The highest BCUT2D eigenvalue weighted by Crippen LogP contribution is 2.21. The van der Waals surface area contributed by atoms with Gasteiger partial charge in [0.25, 0.3) is 0 Å². The Balaban J connectivity index is 2.06. The van der Waals surface area contributed by atoms with E-state index in [1.54, 1.807) is 13.8 Å². The second-order valence-electron chi connectivity index (χ2n) is 6.40. The largest absolute Gasteiger partial charge is 0.241 e. The summed E-state index contributed by atoms with van der Waals surface area (Å²) in [6.07, 6.45) is 2.78. The molecular weight excluding hydrogens is 348 g/mol. The molecule has 2 rings (SSSR count). The second-order valence-corrected chi connectivity index (χ2v) is 10.2. The molecule has 0 amide bonds. The molecule has 0 aliphatic carbocycles. The van der Waals surface area contributed by atoms with Crippen LogP contribution in [-0.4, -0.2) is 46.5 Å². The Morgan fingerprint density at radius 1 is 0.958 bits per heavy atom. The molecule has 1 heterocycles. The zero-order valence-corrected chi connectivity index (χ0v) is 16.1. The molecule has 136 valence electrons. The minimum atomic E-state index is -3.72. The summed E-state index contributed by atoms with van der Waals surface area (Å²) in [5, 5.41) is 0. The van der Waals surface area contributed by atoms with Gasteiger partial charge in [0.1, 0.15) is 0 Å². The molecule has 6 nitrogen and oxygen atoms in total. The van der Waals surface area contributed by atoms with E-state index in [9.17, 15) is 16.8 Å². The van der Waals surface area contributed by atoms with E-state index in [0.717, 1.165) is 24.8 Å². The molecule has 1 aromatic carbocycles. The van der Waals surface area contributed by atoms with Gasteiger partial charge in [0.05, 0.1) is 10.6 Å². The van der Waals surface area contributed by atoms with E-state index in [2.05, 4.69) is 4.72 Å². The fraction of sp³-hybridized carbons (Fsp3) is 0.625. The Hall–Kier alpha value is -0.960. The van der Waals surface area contributed by atoms with E-state index in [1.165, 1.54) is 4.31 Å². The monoisotopic (exact) mass is 374 g/mol. The molecule has 0 saturated carbocycles. The first-order valence-corrected chi connectivity index (χ1v) is 11.3. The Bertz CT molecular complexity index is 772. The van der Waals surface area contributed by atoms with Gasteiger partial charge < -0.3 is 0 Å². The number of hydrogen-bond donors (Lipinski definition) is 1. The first-order valence-electron chi connectivity index (χ1n) is 8.19. The summed E-state index contributed by atoms with van der Waals surface area (Å²) < 4.78 is 53.5. The Kier molecular flexibility index (Phi) is 6.06. The number of hydrogen-bond acceptors (Lipinski definition) is 4. The summed E-state index contributed by atoms with van der Waals surface area (Å²) >= 11 is 0. The van der Waals surface area contributed by atoms with Gasteiger partial charge in [-0.15, -0.1) is 0 Å². The maximum Gasteiger partial charge on any atom is 0.241 e. The molecule has 1 fully saturated rings. The van der Waals surface area contributed by atoms with Crippen LogP contribution in [0, 0.1) is 20.8 Å². The molecule has 0 unspecified atom stereocenters. The van der Waals surface area contributed by atoms with E-state index >= 15 is 0 Å². The maximum atomic E-state index is 12.5. The summed E-state index contributed by atoms with van der Waals surface area (Å²) in [5.41, 5.74) is 2.33. The predicted molar refractivity (Wildman–Crippen MR) is 95.1 cm³/mol. The average molecular weight is 375 g/mol. The number of nitrogens with one attached hydrogen (secondary N) is 1. The summed E-state index contributed by atoms with van der Waals surface area (Å²) in [5.74, 6) is -0.212. The molecule has 0 radical (unpaired) electrons. The lowest BCUT2D eigenvalue weighted by Gasteiger charge is -2.25. The van der Waals surface area contributed by atoms with Crippen LogP contribution < -0.4 is 4.72 Å². The van der Waals surface area contributed by atoms with Crippen LogP contribution in [0.3, 0.4) is 0 Å². The van der Waals surface area contributed by atoms with Crippen molar-refractivity contribution in [3.8, 4) is 0 Å². The molecule has 1 aromatic rings. The molecule has 1 aliphatic rings. The van der Waals surface area contributed by atoms with Crippen molar-refractivity contribution in [3.05, 3.63) is 28.8 Å². The third-order valence-electron chi connectivity index (χ3n) is 4.23. The van der Waals surface area contributed by atoms with E-state index in [0.29, 0.717) is 24.2 Å². The van der Waals surface area contributed by atoms with Crippen LogP contribution in [0.15, 0.2) is 17.0 Å². The number of nitrogens with zero attached hydrogens (tertiary/aromatic N) is 1. The highest BCUT2D eigenvalue weighted by Gasteiger charge is 2.25. The average Bonchev–Trinajstić information content (AvgIpc) is 2.46. The Morgan fingerprint density at radius 3 is 2.04 bits per heavy atom. The first-order chi connectivity index (χ1) is 11.1. The third kappa shape index (κ3) is 4.56. The van der Waals surface area contributed by atoms with Crippen LogP contribution >= 0.6 is 0 Å². The summed E-state index contributed by atoms with van der Waals surface area (Å²) in [6.45, 7) is 6.36. The summed E-state index contributed by atoms with van der Waals surface area (Å²) in [6, 6.07) is 3.62. The van der Waals surface area contributed by atoms with Crippen molar-refractivity contribution in [1.29, 1.82) is 0 Å². The van der Waals surface area contributed by atoms with Gasteiger partial charge in [-0.3, -0.25) is 0 Å². The number of sulfonamides is 2. The molecule has 1 N–H and O–H groups in total. The fourth-order valence-electron chi connectivity index (χ4n) is 3.24. The van der Waals surface area contributed by atoms with Gasteiger partial charge in [0.15, 0.2) is 0 Å². The molecule has 0 atom stereocenters. The van der Waals surface area contributed by atoms with Crippen LogP contribution in [0.1, 0.15) is 36.0 Å². The van der Waals surface area contributed by atoms with Gasteiger partial charge in [-0.05, 0) is 44.7 Å². The van der Waals surface area contributed by atoms with Gasteiger partial charge in [0, 0.05) is 19.6 Å². The molecule has 0 bridgehead atoms. The van der Waals surface area contributed by atoms with Crippen LogP contribution in [0.2, 0.25) is 0 Å². The first kappa shape index (κ1) is 19.4. The third-order valence-corrected chi connectivity index (χ3v) is 7.87. The number of rotatable bonds is 6. The fourth-order valence-corrected chi connectivity index (χ4v) is 6.28. The lowest BCUT2D eigenvalue weighted by Crippen LogP contribution is -2.40. The van der Waals surface area contributed by atoms with Crippen LogP contribution in [0.25, 0.3) is 0 Å². The zero-order valence-electron chi connectivity index (χ0n) is 14.5. The minimum absolute atomic E-state index is 0.117. The standard InChI is InChI=1S/C16H26N2O4S2/c1-13-11-14(2)16(15(3)12-13)24(21,22)17-7-10-23(19,20)18-8-5-4-6-9-18/h11-12,17H,4-10H2,1-3H3. The van der Waals surface area contributed by atoms with E-state index in [4.69, 9.17) is 0 Å². The molecule has 1 aliphatic heterocycles. The lowest BCUT2D eigenvalue weighted by atomic mass is 10.1. The number of aryl methyl sites for hydroxylation is 3. The van der Waals surface area contributed by atoms with Crippen molar-refractivity contribution in [2.24, 2.45) is 0 Å². The van der Waals surface area contributed by atoms with Gasteiger partial charge in [0.2, 0.25) is 20.0 Å². The quantitative estimate of drug-likeness (QED) is 0.821. The van der Waals surface area contributed by atoms with Crippen molar-refractivity contribution < 1.29 is 16.8 Å². The minimum Gasteiger partial charge on any atom is -0.212 e. The summed E-state index contributed by atoms with van der Waals surface area (Å²) in [7, 11) is -7.13. The molecular formula is C16H26N2O4S2. The SMILES string of the molecule is Cc1cc(C)c(S(=O)(=O)NCCS(=O)(=O)N2CCCCC2)c(C)c1. The molecule has 24 heavy (non-hydrogen) atoms. The summed E-state index contributed by atoms with van der Waals surface area (Å²) in [4.78, 5) is 0.239. The highest BCUT2D eigenvalue weighted by atomic mass is 32.2. The second kappa shape index (κ2) is 7.51. The van der Waals surface area contributed by atoms with E-state index in [1.807, 2.05) is 19.1 Å². The van der Waals surface area contributed by atoms with Crippen molar-refractivity contribution in [1.82, 2.24) is 9.03 Å². The topological polar surface area (TPSA) is 83.5 Å². The van der Waals surface area contributed by atoms with Gasteiger partial charge in [-0.25, -0.2) is 25.9 Å². The molecule has 8 heteroatoms. The lowest BCUT2D eigenvalue weighted by molar-refractivity contribution is 0.346. The Morgan fingerprint density at radius 2 is 1.50 bits per heavy atom. The van der Waals surface area contributed by atoms with Crippen LogP contribution in [0.4, 0.5) is 0 Å². The zero-order chi connectivity index (χ0) is 18.0. The predicted octanol–water partition coefficient (Wildman–Crippen LogP) is 1.71. The van der Waals surface area contributed by atoms with Crippen LogP contribution in [-0.2, 0) is 20.0 Å². The van der Waals surface area contributed by atoms with E-state index in [-0.39, 0.29) is 17.2 Å². The van der Waals surface area contributed by atoms with Gasteiger partial charge >= 0.3 is 0 Å². The molecule has 0 spiro atoms. The molecule has 0 aromatic heterocycles. The molecule has 1 saturated heterocycles. The van der Waals surface area contributed by atoms with Crippen LogP contribution in [0.5, 0.6) is 0 Å². The van der Waals surface area contributed by atoms with Gasteiger partial charge in [-0.2, -0.15) is 0 Å². The van der Waals surface area contributed by atoms with E-state index < -0.39 is 20.0 Å². The smallest absolute Gasteiger partial charge is 0.212 e. The van der Waals surface area contributed by atoms with Crippen molar-refractivity contribution in [2.75, 3.05) is 25.4 Å². The number of piperidine rings is 1. The van der Waals surface area contributed by atoms with Crippen molar-refractivity contribution in [3.63, 3.8) is 0 Å². The van der Waals surface area contributed by atoms with Gasteiger partial charge in [-0.1, -0.05) is 24.1 Å². The van der Waals surface area contributed by atoms with Crippen molar-refractivity contribution in [2.45, 2.75) is 44.9 Å².